The van der Waals surface area contributed by atoms with Crippen LogP contribution in [0.2, 0.25) is 10.0 Å². The van der Waals surface area contributed by atoms with Crippen LogP contribution in [0.4, 0.5) is 5.95 Å². The summed E-state index contributed by atoms with van der Waals surface area (Å²) in [4.78, 5) is 31.5. The van der Waals surface area contributed by atoms with Crippen molar-refractivity contribution < 1.29 is 23.1 Å². The van der Waals surface area contributed by atoms with Crippen LogP contribution in [-0.2, 0) is 21.4 Å². The Balaban J connectivity index is 1.25. The number of hydrogen-bond donors (Lipinski definition) is 2. The van der Waals surface area contributed by atoms with Gasteiger partial charge in [-0.2, -0.15) is 0 Å². The Kier molecular flexibility index (Phi) is 11.1. The number of piperidine rings is 1. The number of halogens is 2. The SMILES string of the molecule is NS(=O)(=O)CCCN1CCN(c2ncc(Oc3cc(CN4CCC(CC(=O)O)CC4)cc(-c4cc(Cl)cc(Cl)c4)n3)cn2)CC1. The molecule has 0 saturated carbocycles. The average molecular weight is 679 g/mol. The van der Waals surface area contributed by atoms with Gasteiger partial charge in [0.05, 0.1) is 23.8 Å². The molecule has 12 nitrogen and oxygen atoms in total. The number of ether oxygens (including phenoxy) is 1. The van der Waals surface area contributed by atoms with Gasteiger partial charge in [0.25, 0.3) is 0 Å². The number of nitrogens with two attached hydrogens (primary N) is 1. The van der Waals surface area contributed by atoms with Crippen molar-refractivity contribution >= 4 is 45.1 Å². The van der Waals surface area contributed by atoms with Crippen LogP contribution < -0.4 is 14.8 Å². The summed E-state index contributed by atoms with van der Waals surface area (Å²) in [5, 5.41) is 15.3. The van der Waals surface area contributed by atoms with Crippen LogP contribution in [0.25, 0.3) is 11.3 Å². The van der Waals surface area contributed by atoms with Crippen LogP contribution in [0.1, 0.15) is 31.2 Å². The van der Waals surface area contributed by atoms with Crippen molar-refractivity contribution in [2.24, 2.45) is 11.1 Å². The van der Waals surface area contributed by atoms with E-state index < -0.39 is 16.0 Å². The molecule has 242 valence electrons. The Morgan fingerprint density at radius 1 is 0.956 bits per heavy atom. The lowest BCUT2D eigenvalue weighted by molar-refractivity contribution is -0.138. The van der Waals surface area contributed by atoms with Gasteiger partial charge in [0, 0.05) is 60.8 Å². The second-order valence-electron chi connectivity index (χ2n) is 11.5. The molecule has 2 fully saturated rings. The molecule has 0 unspecified atom stereocenters. The lowest BCUT2D eigenvalue weighted by Gasteiger charge is -2.34. The number of aromatic nitrogens is 3. The third-order valence-corrected chi connectivity index (χ3v) is 9.29. The van der Waals surface area contributed by atoms with Crippen molar-refractivity contribution in [3.8, 4) is 22.9 Å². The van der Waals surface area contributed by atoms with Gasteiger partial charge >= 0.3 is 5.97 Å². The number of hydrogen-bond acceptors (Lipinski definition) is 10. The van der Waals surface area contributed by atoms with E-state index in [9.17, 15) is 13.2 Å². The van der Waals surface area contributed by atoms with Crippen molar-refractivity contribution in [1.82, 2.24) is 24.8 Å². The molecule has 2 saturated heterocycles. The van der Waals surface area contributed by atoms with Gasteiger partial charge in [-0.15, -0.1) is 0 Å². The quantitative estimate of drug-likeness (QED) is 0.284. The predicted molar refractivity (Wildman–Crippen MR) is 173 cm³/mol. The zero-order valence-electron chi connectivity index (χ0n) is 24.8. The number of pyridine rings is 1. The van der Waals surface area contributed by atoms with Crippen molar-refractivity contribution in [3.63, 3.8) is 0 Å². The molecule has 0 amide bonds. The van der Waals surface area contributed by atoms with Crippen LogP contribution in [0.15, 0.2) is 42.7 Å². The number of nitrogens with zero attached hydrogens (tertiary/aromatic N) is 6. The largest absolute Gasteiger partial charge is 0.481 e. The molecule has 0 bridgehead atoms. The molecule has 5 rings (SSSR count). The number of anilines is 1. The fourth-order valence-corrected chi connectivity index (χ4v) is 6.77. The fourth-order valence-electron chi connectivity index (χ4n) is 5.71. The average Bonchev–Trinajstić information content (AvgIpc) is 2.97. The van der Waals surface area contributed by atoms with Gasteiger partial charge in [-0.05, 0) is 74.6 Å². The summed E-state index contributed by atoms with van der Waals surface area (Å²) in [6.07, 6.45) is 5.65. The molecule has 2 aliphatic heterocycles. The highest BCUT2D eigenvalue weighted by Gasteiger charge is 2.23. The van der Waals surface area contributed by atoms with Gasteiger partial charge in [-0.25, -0.2) is 28.5 Å². The molecule has 0 atom stereocenters. The maximum atomic E-state index is 11.2. The van der Waals surface area contributed by atoms with Gasteiger partial charge in [0.2, 0.25) is 21.9 Å². The second kappa shape index (κ2) is 15.0. The molecular formula is C30H37Cl2N7O5S. The fraction of sp³-hybridized carbons (Fsp3) is 0.467. The van der Waals surface area contributed by atoms with Gasteiger partial charge < -0.3 is 14.7 Å². The number of piperazine rings is 1. The lowest BCUT2D eigenvalue weighted by Crippen LogP contribution is -2.47. The summed E-state index contributed by atoms with van der Waals surface area (Å²) >= 11 is 12.6. The molecule has 0 spiro atoms. The molecule has 3 N–H and O–H groups in total. The van der Waals surface area contributed by atoms with Crippen molar-refractivity contribution in [3.05, 3.63) is 58.3 Å². The predicted octanol–water partition coefficient (Wildman–Crippen LogP) is 4.13. The van der Waals surface area contributed by atoms with Crippen LogP contribution in [0.5, 0.6) is 11.6 Å². The Morgan fingerprint density at radius 3 is 2.24 bits per heavy atom. The minimum Gasteiger partial charge on any atom is -0.481 e. The van der Waals surface area contributed by atoms with E-state index >= 15 is 0 Å². The first-order valence-electron chi connectivity index (χ1n) is 14.9. The Hall–Kier alpha value is -3.07. The van der Waals surface area contributed by atoms with Crippen LogP contribution in [0, 0.1) is 5.92 Å². The monoisotopic (exact) mass is 677 g/mol. The maximum absolute atomic E-state index is 11.2. The lowest BCUT2D eigenvalue weighted by atomic mass is 9.93. The summed E-state index contributed by atoms with van der Waals surface area (Å²) in [5.41, 5.74) is 2.41. The molecule has 15 heteroatoms. The first-order chi connectivity index (χ1) is 21.5. The highest BCUT2D eigenvalue weighted by Crippen LogP contribution is 2.31. The zero-order valence-corrected chi connectivity index (χ0v) is 27.1. The van der Waals surface area contributed by atoms with E-state index in [1.165, 1.54) is 0 Å². The Morgan fingerprint density at radius 2 is 1.62 bits per heavy atom. The van der Waals surface area contributed by atoms with Crippen molar-refractivity contribution in [2.45, 2.75) is 32.2 Å². The van der Waals surface area contributed by atoms with E-state index in [1.807, 2.05) is 12.1 Å². The highest BCUT2D eigenvalue weighted by atomic mass is 35.5. The number of sulfonamides is 1. The second-order valence-corrected chi connectivity index (χ2v) is 14.2. The van der Waals surface area contributed by atoms with E-state index in [0.717, 1.165) is 63.2 Å². The van der Waals surface area contributed by atoms with E-state index in [1.54, 1.807) is 30.6 Å². The molecule has 0 radical (unpaired) electrons. The number of carboxylic acids is 1. The van der Waals surface area contributed by atoms with Crippen LogP contribution in [-0.4, -0.2) is 95.8 Å². The van der Waals surface area contributed by atoms with Crippen LogP contribution >= 0.6 is 23.2 Å². The van der Waals surface area contributed by atoms with E-state index in [2.05, 4.69) is 24.7 Å². The number of rotatable bonds is 12. The number of carboxylic acid groups (broad SMARTS) is 1. The summed E-state index contributed by atoms with van der Waals surface area (Å²) in [6.45, 7) is 5.95. The minimum atomic E-state index is -3.44. The molecule has 1 aromatic carbocycles. The highest BCUT2D eigenvalue weighted by molar-refractivity contribution is 7.89. The van der Waals surface area contributed by atoms with Crippen LogP contribution in [0.3, 0.4) is 0 Å². The van der Waals surface area contributed by atoms with E-state index in [-0.39, 0.29) is 18.1 Å². The number of benzene rings is 1. The minimum absolute atomic E-state index is 0.0167. The Bertz CT molecular complexity index is 1560. The van der Waals surface area contributed by atoms with E-state index in [0.29, 0.717) is 52.8 Å². The smallest absolute Gasteiger partial charge is 0.303 e. The first kappa shape index (κ1) is 33.3. The number of primary sulfonamides is 1. The number of carbonyl (C=O) groups is 1. The Labute approximate surface area is 273 Å². The van der Waals surface area contributed by atoms with Gasteiger partial charge in [-0.1, -0.05) is 23.2 Å². The summed E-state index contributed by atoms with van der Waals surface area (Å²) in [6, 6.07) is 9.16. The number of aliphatic carboxylic acids is 1. The third-order valence-electron chi connectivity index (χ3n) is 7.99. The molecule has 4 heterocycles. The number of likely N-dealkylation sites (tertiary alicyclic amines) is 1. The topological polar surface area (TPSA) is 155 Å². The first-order valence-corrected chi connectivity index (χ1v) is 17.4. The molecule has 3 aromatic rings. The third kappa shape index (κ3) is 10.2. The van der Waals surface area contributed by atoms with Crippen molar-refractivity contribution in [1.29, 1.82) is 0 Å². The standard InChI is InChI=1S/C30H37Cl2N7O5S/c31-24-15-23(16-25(32)17-24)27-12-22(20-38-5-2-21(3-6-38)14-29(40)41)13-28(36-27)44-26-18-34-30(35-19-26)39-9-7-37(8-10-39)4-1-11-45(33,42)43/h12-13,15-19,21H,1-11,14,20H2,(H,40,41)(H2,33,42,43). The summed E-state index contributed by atoms with van der Waals surface area (Å²) in [5.74, 6) is 0.849. The molecule has 2 aromatic heterocycles. The van der Waals surface area contributed by atoms with E-state index in [4.69, 9.17) is 43.2 Å². The van der Waals surface area contributed by atoms with Gasteiger partial charge in [-0.3, -0.25) is 14.6 Å². The summed E-state index contributed by atoms with van der Waals surface area (Å²) < 4.78 is 28.5. The molecular weight excluding hydrogens is 641 g/mol. The molecule has 45 heavy (non-hydrogen) atoms. The summed E-state index contributed by atoms with van der Waals surface area (Å²) in [7, 11) is -3.44. The molecule has 2 aliphatic rings. The van der Waals surface area contributed by atoms with Gasteiger partial charge in [0.15, 0.2) is 5.75 Å². The van der Waals surface area contributed by atoms with Gasteiger partial charge in [0.1, 0.15) is 0 Å². The van der Waals surface area contributed by atoms with Crippen molar-refractivity contribution in [2.75, 3.05) is 56.5 Å². The molecule has 0 aliphatic carbocycles. The maximum Gasteiger partial charge on any atom is 0.303 e. The zero-order chi connectivity index (χ0) is 32.0. The normalized spacial score (nSPS) is 17.0.